The van der Waals surface area contributed by atoms with Crippen LogP contribution in [0.15, 0.2) is 53.4 Å². The minimum Gasteiger partial charge on any atom is -0.493 e. The molecule has 2 aromatic rings. The number of carbonyl (C=O) groups excluding carboxylic acids is 3. The van der Waals surface area contributed by atoms with E-state index < -0.39 is 0 Å². The van der Waals surface area contributed by atoms with Gasteiger partial charge < -0.3 is 14.8 Å². The molecule has 1 fully saturated rings. The summed E-state index contributed by atoms with van der Waals surface area (Å²) >= 11 is 0.881. The van der Waals surface area contributed by atoms with Crippen LogP contribution in [-0.4, -0.2) is 49.3 Å². The number of nitrogens with one attached hydrogen (secondary N) is 1. The predicted molar refractivity (Wildman–Crippen MR) is 125 cm³/mol. The standard InChI is InChI=1S/C24H26N2O5S/c1-16(18-7-5-4-6-8-18)13-22(27)25-11-12-26-23(28)21(32-24(26)29)15-17-9-10-19(30-2)20(14-17)31-3/h4-10,14-16H,11-13H2,1-3H3,(H,25,27)/b21-15+. The zero-order chi connectivity index (χ0) is 23.1. The highest BCUT2D eigenvalue weighted by molar-refractivity contribution is 8.18. The van der Waals surface area contributed by atoms with E-state index in [0.29, 0.717) is 22.8 Å². The van der Waals surface area contributed by atoms with E-state index in [9.17, 15) is 14.4 Å². The van der Waals surface area contributed by atoms with Gasteiger partial charge in [0.25, 0.3) is 11.1 Å². The number of methoxy groups -OCH3 is 2. The monoisotopic (exact) mass is 454 g/mol. The minimum absolute atomic E-state index is 0.0813. The fraction of sp³-hybridized carbons (Fsp3) is 0.292. The molecule has 1 heterocycles. The van der Waals surface area contributed by atoms with Gasteiger partial charge in [-0.1, -0.05) is 43.3 Å². The number of hydrogen-bond acceptors (Lipinski definition) is 6. The summed E-state index contributed by atoms with van der Waals surface area (Å²) in [6.45, 7) is 2.33. The first kappa shape index (κ1) is 23.4. The molecular weight excluding hydrogens is 428 g/mol. The Balaban J connectivity index is 1.55. The Kier molecular flexibility index (Phi) is 7.94. The van der Waals surface area contributed by atoms with Gasteiger partial charge in [-0.05, 0) is 47.0 Å². The molecule has 1 aliphatic rings. The molecule has 0 aliphatic carbocycles. The predicted octanol–water partition coefficient (Wildman–Crippen LogP) is 4.05. The van der Waals surface area contributed by atoms with Crippen LogP contribution in [0.4, 0.5) is 4.79 Å². The first-order valence-corrected chi connectivity index (χ1v) is 11.0. The first-order chi connectivity index (χ1) is 15.4. The topological polar surface area (TPSA) is 84.9 Å². The van der Waals surface area contributed by atoms with Crippen LogP contribution in [0.2, 0.25) is 0 Å². The Morgan fingerprint density at radius 1 is 1.09 bits per heavy atom. The van der Waals surface area contributed by atoms with Crippen LogP contribution in [0.5, 0.6) is 11.5 Å². The van der Waals surface area contributed by atoms with E-state index in [1.165, 1.54) is 7.11 Å². The summed E-state index contributed by atoms with van der Waals surface area (Å²) in [6, 6.07) is 15.1. The second kappa shape index (κ2) is 10.9. The molecule has 1 atom stereocenters. The SMILES string of the molecule is COc1ccc(/C=C2/SC(=O)N(CCNC(=O)CC(C)c3ccccc3)C2=O)cc1OC. The Morgan fingerprint density at radius 2 is 1.81 bits per heavy atom. The molecule has 0 aromatic heterocycles. The van der Waals surface area contributed by atoms with Crippen LogP contribution >= 0.6 is 11.8 Å². The Morgan fingerprint density at radius 3 is 2.50 bits per heavy atom. The number of nitrogens with zero attached hydrogens (tertiary/aromatic N) is 1. The molecule has 0 spiro atoms. The lowest BCUT2D eigenvalue weighted by atomic mass is 9.98. The second-order valence-corrected chi connectivity index (χ2v) is 8.31. The fourth-order valence-electron chi connectivity index (χ4n) is 3.34. The number of benzene rings is 2. The maximum atomic E-state index is 12.7. The highest BCUT2D eigenvalue weighted by Crippen LogP contribution is 2.34. The molecule has 7 nitrogen and oxygen atoms in total. The van der Waals surface area contributed by atoms with E-state index in [1.807, 2.05) is 37.3 Å². The van der Waals surface area contributed by atoms with Crippen molar-refractivity contribution in [1.82, 2.24) is 10.2 Å². The first-order valence-electron chi connectivity index (χ1n) is 10.2. The second-order valence-electron chi connectivity index (χ2n) is 7.31. The van der Waals surface area contributed by atoms with E-state index in [-0.39, 0.29) is 36.1 Å². The number of ether oxygens (including phenoxy) is 2. The van der Waals surface area contributed by atoms with E-state index in [1.54, 1.807) is 31.4 Å². The number of imide groups is 1. The van der Waals surface area contributed by atoms with Gasteiger partial charge in [0.05, 0.1) is 19.1 Å². The summed E-state index contributed by atoms with van der Waals surface area (Å²) in [5, 5.41) is 2.45. The number of rotatable bonds is 9. The van der Waals surface area contributed by atoms with Crippen LogP contribution in [0, 0.1) is 0 Å². The highest BCUT2D eigenvalue weighted by atomic mass is 32.2. The molecule has 3 rings (SSSR count). The van der Waals surface area contributed by atoms with Crippen molar-refractivity contribution in [2.24, 2.45) is 0 Å². The van der Waals surface area contributed by atoms with Crippen molar-refractivity contribution in [2.45, 2.75) is 19.3 Å². The summed E-state index contributed by atoms with van der Waals surface area (Å²) in [4.78, 5) is 38.7. The van der Waals surface area contributed by atoms with Crippen LogP contribution in [0.25, 0.3) is 6.08 Å². The molecule has 8 heteroatoms. The van der Waals surface area contributed by atoms with E-state index in [4.69, 9.17) is 9.47 Å². The summed E-state index contributed by atoms with van der Waals surface area (Å²) in [5.74, 6) is 0.705. The van der Waals surface area contributed by atoms with Gasteiger partial charge in [-0.3, -0.25) is 19.3 Å². The lowest BCUT2D eigenvalue weighted by molar-refractivity contribution is -0.124. The quantitative estimate of drug-likeness (QED) is 0.576. The summed E-state index contributed by atoms with van der Waals surface area (Å²) < 4.78 is 10.5. The Bertz CT molecular complexity index is 1020. The van der Waals surface area contributed by atoms with Gasteiger partial charge in [0.2, 0.25) is 5.91 Å². The van der Waals surface area contributed by atoms with Crippen molar-refractivity contribution in [3.63, 3.8) is 0 Å². The van der Waals surface area contributed by atoms with E-state index >= 15 is 0 Å². The van der Waals surface area contributed by atoms with Crippen LogP contribution < -0.4 is 14.8 Å². The fourth-order valence-corrected chi connectivity index (χ4v) is 4.21. The smallest absolute Gasteiger partial charge is 0.293 e. The molecule has 2 aromatic carbocycles. The van der Waals surface area contributed by atoms with E-state index in [0.717, 1.165) is 27.8 Å². The number of carbonyl (C=O) groups is 3. The number of hydrogen-bond donors (Lipinski definition) is 1. The zero-order valence-electron chi connectivity index (χ0n) is 18.3. The van der Waals surface area contributed by atoms with Crippen molar-refractivity contribution in [2.75, 3.05) is 27.3 Å². The van der Waals surface area contributed by atoms with Gasteiger partial charge in [-0.25, -0.2) is 0 Å². The van der Waals surface area contributed by atoms with Gasteiger partial charge in [0.1, 0.15) is 0 Å². The average Bonchev–Trinajstić information content (AvgIpc) is 3.06. The third-order valence-corrected chi connectivity index (χ3v) is 6.00. The van der Waals surface area contributed by atoms with Crippen molar-refractivity contribution in [3.05, 3.63) is 64.6 Å². The van der Waals surface area contributed by atoms with Crippen molar-refractivity contribution < 1.29 is 23.9 Å². The molecule has 3 amide bonds. The van der Waals surface area contributed by atoms with Gasteiger partial charge >= 0.3 is 0 Å². The molecule has 168 valence electrons. The summed E-state index contributed by atoms with van der Waals surface area (Å²) in [6.07, 6.45) is 1.98. The molecule has 0 radical (unpaired) electrons. The lowest BCUT2D eigenvalue weighted by Gasteiger charge is -2.15. The highest BCUT2D eigenvalue weighted by Gasteiger charge is 2.34. The zero-order valence-corrected chi connectivity index (χ0v) is 19.1. The Hall–Kier alpha value is -3.26. The van der Waals surface area contributed by atoms with Crippen LogP contribution in [-0.2, 0) is 9.59 Å². The van der Waals surface area contributed by atoms with Gasteiger partial charge in [-0.15, -0.1) is 0 Å². The van der Waals surface area contributed by atoms with Gasteiger partial charge in [0.15, 0.2) is 11.5 Å². The molecule has 0 saturated carbocycles. The molecule has 0 bridgehead atoms. The lowest BCUT2D eigenvalue weighted by Crippen LogP contribution is -2.37. The summed E-state index contributed by atoms with van der Waals surface area (Å²) in [7, 11) is 3.08. The molecule has 1 unspecified atom stereocenters. The third kappa shape index (κ3) is 5.70. The van der Waals surface area contributed by atoms with Crippen LogP contribution in [0.1, 0.15) is 30.4 Å². The average molecular weight is 455 g/mol. The molecule has 32 heavy (non-hydrogen) atoms. The van der Waals surface area contributed by atoms with Crippen molar-refractivity contribution >= 4 is 34.9 Å². The normalized spacial score (nSPS) is 15.7. The molecule has 1 aliphatic heterocycles. The van der Waals surface area contributed by atoms with Crippen molar-refractivity contribution in [3.8, 4) is 11.5 Å². The number of amides is 3. The largest absolute Gasteiger partial charge is 0.493 e. The van der Waals surface area contributed by atoms with Gasteiger partial charge in [-0.2, -0.15) is 0 Å². The molecule has 1 N–H and O–H groups in total. The maximum Gasteiger partial charge on any atom is 0.293 e. The maximum absolute atomic E-state index is 12.7. The minimum atomic E-state index is -0.373. The number of thioether (sulfide) groups is 1. The Labute approximate surface area is 191 Å². The molecule has 1 saturated heterocycles. The summed E-state index contributed by atoms with van der Waals surface area (Å²) in [5.41, 5.74) is 1.81. The van der Waals surface area contributed by atoms with Gasteiger partial charge in [0, 0.05) is 19.5 Å². The van der Waals surface area contributed by atoms with Crippen LogP contribution in [0.3, 0.4) is 0 Å². The van der Waals surface area contributed by atoms with E-state index in [2.05, 4.69) is 5.32 Å². The third-order valence-electron chi connectivity index (χ3n) is 5.10. The van der Waals surface area contributed by atoms with Crippen molar-refractivity contribution in [1.29, 1.82) is 0 Å². The molecular formula is C24H26N2O5S.